The molecule has 2 rings (SSSR count). The fourth-order valence-electron chi connectivity index (χ4n) is 1.84. The smallest absolute Gasteiger partial charge is 0.325 e. The van der Waals surface area contributed by atoms with Gasteiger partial charge in [0.15, 0.2) is 0 Å². The number of carbonyl (C=O) groups is 1. The molecule has 1 aliphatic rings. The Morgan fingerprint density at radius 1 is 1.35 bits per heavy atom. The molecule has 1 aliphatic carbocycles. The molecule has 0 spiro atoms. The van der Waals surface area contributed by atoms with Gasteiger partial charge in [-0.1, -0.05) is 6.07 Å². The van der Waals surface area contributed by atoms with Crippen molar-refractivity contribution in [2.75, 3.05) is 18.4 Å². The molecular weight excluding hydrogens is 269 g/mol. The normalized spacial score (nSPS) is 15.2. The minimum absolute atomic E-state index is 0.117. The van der Waals surface area contributed by atoms with Crippen molar-refractivity contribution in [1.29, 1.82) is 0 Å². The van der Waals surface area contributed by atoms with E-state index in [0.717, 1.165) is 18.7 Å². The zero-order chi connectivity index (χ0) is 14.8. The maximum atomic E-state index is 12.6. The lowest BCUT2D eigenvalue weighted by Gasteiger charge is -2.12. The van der Waals surface area contributed by atoms with E-state index in [0.29, 0.717) is 11.5 Å². The number of amides is 1. The third kappa shape index (κ3) is 4.23. The van der Waals surface area contributed by atoms with E-state index in [9.17, 15) is 18.0 Å². The SMILES string of the molecule is Cc1ccc(C(F)(F)F)cc1NC(=O)CNCC1CC1. The van der Waals surface area contributed by atoms with E-state index in [-0.39, 0.29) is 18.1 Å². The quantitative estimate of drug-likeness (QED) is 0.873. The molecule has 0 unspecified atom stereocenters. The highest BCUT2D eigenvalue weighted by Gasteiger charge is 2.30. The summed E-state index contributed by atoms with van der Waals surface area (Å²) >= 11 is 0. The lowest BCUT2D eigenvalue weighted by molar-refractivity contribution is -0.137. The highest BCUT2D eigenvalue weighted by atomic mass is 19.4. The van der Waals surface area contributed by atoms with Crippen LogP contribution in [0.3, 0.4) is 0 Å². The highest BCUT2D eigenvalue weighted by Crippen LogP contribution is 2.32. The standard InChI is InChI=1S/C14H17F3N2O/c1-9-2-5-11(14(15,16)17)6-12(9)19-13(20)8-18-7-10-3-4-10/h2,5-6,10,18H,3-4,7-8H2,1H3,(H,19,20). The third-order valence-electron chi connectivity index (χ3n) is 3.25. The monoisotopic (exact) mass is 286 g/mol. The van der Waals surface area contributed by atoms with Crippen molar-refractivity contribution in [3.05, 3.63) is 29.3 Å². The lowest BCUT2D eigenvalue weighted by Crippen LogP contribution is -2.29. The van der Waals surface area contributed by atoms with Gasteiger partial charge < -0.3 is 10.6 Å². The Morgan fingerprint density at radius 2 is 2.05 bits per heavy atom. The van der Waals surface area contributed by atoms with Crippen molar-refractivity contribution in [1.82, 2.24) is 5.32 Å². The number of hydrogen-bond acceptors (Lipinski definition) is 2. The summed E-state index contributed by atoms with van der Waals surface area (Å²) in [6.07, 6.45) is -2.04. The number of benzene rings is 1. The van der Waals surface area contributed by atoms with Gasteiger partial charge in [-0.15, -0.1) is 0 Å². The largest absolute Gasteiger partial charge is 0.416 e. The van der Waals surface area contributed by atoms with Crippen LogP contribution in [0.1, 0.15) is 24.0 Å². The summed E-state index contributed by atoms with van der Waals surface area (Å²) in [5.41, 5.74) is 0.0518. The van der Waals surface area contributed by atoms with Gasteiger partial charge in [0.1, 0.15) is 0 Å². The van der Waals surface area contributed by atoms with Gasteiger partial charge in [-0.3, -0.25) is 4.79 Å². The third-order valence-corrected chi connectivity index (χ3v) is 3.25. The van der Waals surface area contributed by atoms with Crippen LogP contribution in [0.5, 0.6) is 0 Å². The number of aryl methyl sites for hydroxylation is 1. The second-order valence-corrected chi connectivity index (χ2v) is 5.15. The van der Waals surface area contributed by atoms with Crippen molar-refractivity contribution in [3.63, 3.8) is 0 Å². The average molecular weight is 286 g/mol. The second kappa shape index (κ2) is 5.83. The Bertz CT molecular complexity index is 496. The molecule has 1 saturated carbocycles. The van der Waals surface area contributed by atoms with Crippen LogP contribution in [-0.4, -0.2) is 19.0 Å². The molecule has 0 aliphatic heterocycles. The predicted molar refractivity (Wildman–Crippen MR) is 70.4 cm³/mol. The zero-order valence-corrected chi connectivity index (χ0v) is 11.2. The number of halogens is 3. The first-order chi connectivity index (χ1) is 9.36. The highest BCUT2D eigenvalue weighted by molar-refractivity contribution is 5.93. The molecule has 6 heteroatoms. The number of anilines is 1. The molecule has 0 atom stereocenters. The molecule has 1 aromatic rings. The van der Waals surface area contributed by atoms with Crippen LogP contribution < -0.4 is 10.6 Å². The predicted octanol–water partition coefficient (Wildman–Crippen LogP) is 2.95. The van der Waals surface area contributed by atoms with Gasteiger partial charge in [-0.25, -0.2) is 0 Å². The van der Waals surface area contributed by atoms with Crippen LogP contribution in [0.15, 0.2) is 18.2 Å². The van der Waals surface area contributed by atoms with E-state index >= 15 is 0 Å². The fraction of sp³-hybridized carbons (Fsp3) is 0.500. The van der Waals surface area contributed by atoms with E-state index in [1.165, 1.54) is 18.9 Å². The van der Waals surface area contributed by atoms with Crippen LogP contribution in [0, 0.1) is 12.8 Å². The molecule has 0 heterocycles. The summed E-state index contributed by atoms with van der Waals surface area (Å²) in [6.45, 7) is 2.56. The summed E-state index contributed by atoms with van der Waals surface area (Å²) in [6, 6.07) is 3.33. The van der Waals surface area contributed by atoms with Crippen LogP contribution in [0.2, 0.25) is 0 Å². The van der Waals surface area contributed by atoms with Crippen LogP contribution >= 0.6 is 0 Å². The lowest BCUT2D eigenvalue weighted by atomic mass is 10.1. The van der Waals surface area contributed by atoms with E-state index in [2.05, 4.69) is 10.6 Å². The summed E-state index contributed by atoms with van der Waals surface area (Å²) in [5, 5.41) is 5.51. The van der Waals surface area contributed by atoms with Crippen molar-refractivity contribution in [3.8, 4) is 0 Å². The van der Waals surface area contributed by atoms with Crippen molar-refractivity contribution in [2.45, 2.75) is 25.9 Å². The summed E-state index contributed by atoms with van der Waals surface area (Å²) in [4.78, 5) is 11.7. The van der Waals surface area contributed by atoms with Gasteiger partial charge in [-0.05, 0) is 49.9 Å². The van der Waals surface area contributed by atoms with Gasteiger partial charge in [0.2, 0.25) is 5.91 Å². The Hall–Kier alpha value is -1.56. The number of hydrogen-bond donors (Lipinski definition) is 2. The van der Waals surface area contributed by atoms with E-state index < -0.39 is 11.7 Å². The number of nitrogens with one attached hydrogen (secondary N) is 2. The minimum atomic E-state index is -4.41. The number of carbonyl (C=O) groups excluding carboxylic acids is 1. The Morgan fingerprint density at radius 3 is 2.65 bits per heavy atom. The Kier molecular flexibility index (Phi) is 4.32. The minimum Gasteiger partial charge on any atom is -0.325 e. The molecule has 20 heavy (non-hydrogen) atoms. The fourth-order valence-corrected chi connectivity index (χ4v) is 1.84. The van der Waals surface area contributed by atoms with E-state index in [1.807, 2.05) is 0 Å². The van der Waals surface area contributed by atoms with Crippen molar-refractivity contribution >= 4 is 11.6 Å². The maximum absolute atomic E-state index is 12.6. The molecular formula is C14H17F3N2O. The summed E-state index contributed by atoms with van der Waals surface area (Å²) < 4.78 is 37.8. The topological polar surface area (TPSA) is 41.1 Å². The average Bonchev–Trinajstić information content (AvgIpc) is 3.14. The van der Waals surface area contributed by atoms with Gasteiger partial charge in [0.25, 0.3) is 0 Å². The molecule has 1 fully saturated rings. The summed E-state index contributed by atoms with van der Waals surface area (Å²) in [7, 11) is 0. The molecule has 1 aromatic carbocycles. The first kappa shape index (κ1) is 14.8. The Labute approximate surface area is 115 Å². The van der Waals surface area contributed by atoms with E-state index in [1.54, 1.807) is 6.92 Å². The molecule has 1 amide bonds. The molecule has 3 nitrogen and oxygen atoms in total. The maximum Gasteiger partial charge on any atom is 0.416 e. The van der Waals surface area contributed by atoms with Crippen molar-refractivity contribution < 1.29 is 18.0 Å². The molecule has 0 saturated heterocycles. The first-order valence-electron chi connectivity index (χ1n) is 6.54. The molecule has 0 aromatic heterocycles. The van der Waals surface area contributed by atoms with Gasteiger partial charge in [-0.2, -0.15) is 13.2 Å². The van der Waals surface area contributed by atoms with Gasteiger partial charge in [0, 0.05) is 5.69 Å². The molecule has 2 N–H and O–H groups in total. The van der Waals surface area contributed by atoms with Crippen LogP contribution in [-0.2, 0) is 11.0 Å². The number of alkyl halides is 3. The second-order valence-electron chi connectivity index (χ2n) is 5.15. The van der Waals surface area contributed by atoms with Gasteiger partial charge in [0.05, 0.1) is 12.1 Å². The molecule has 0 bridgehead atoms. The van der Waals surface area contributed by atoms with Crippen molar-refractivity contribution in [2.24, 2.45) is 5.92 Å². The summed E-state index contributed by atoms with van der Waals surface area (Å²) in [5.74, 6) is 0.325. The first-order valence-corrected chi connectivity index (χ1v) is 6.54. The van der Waals surface area contributed by atoms with Crippen LogP contribution in [0.25, 0.3) is 0 Å². The number of rotatable bonds is 5. The molecule has 110 valence electrons. The van der Waals surface area contributed by atoms with E-state index in [4.69, 9.17) is 0 Å². The van der Waals surface area contributed by atoms with Gasteiger partial charge >= 0.3 is 6.18 Å². The molecule has 0 radical (unpaired) electrons. The Balaban J connectivity index is 1.94. The van der Waals surface area contributed by atoms with Crippen LogP contribution in [0.4, 0.5) is 18.9 Å². The zero-order valence-electron chi connectivity index (χ0n) is 11.2.